The van der Waals surface area contributed by atoms with Crippen molar-refractivity contribution in [3.05, 3.63) is 155 Å². The molecule has 2 heterocycles. The lowest BCUT2D eigenvalue weighted by Gasteiger charge is -2.34. The number of benzene rings is 3. The lowest BCUT2D eigenvalue weighted by atomic mass is 9.76. The van der Waals surface area contributed by atoms with Gasteiger partial charge >= 0.3 is 6.18 Å². The van der Waals surface area contributed by atoms with E-state index in [2.05, 4.69) is 9.97 Å². The highest BCUT2D eigenvalue weighted by atomic mass is 19.4. The van der Waals surface area contributed by atoms with Crippen LogP contribution in [0.1, 0.15) is 39.9 Å². The zero-order chi connectivity index (χ0) is 26.6. The van der Waals surface area contributed by atoms with E-state index in [1.54, 1.807) is 23.2 Å². The number of hydrogen-bond donors (Lipinski definition) is 1. The molecule has 7 heteroatoms. The van der Waals surface area contributed by atoms with Crippen LogP contribution < -0.4 is 4.57 Å². The molecule has 1 N–H and O–H groups in total. The number of ether oxygens (including phenoxy) is 1. The molecule has 0 radical (unpaired) electrons. The summed E-state index contributed by atoms with van der Waals surface area (Å²) in [5.74, 6) is -0.0967. The number of aromatic nitrogens is 3. The van der Waals surface area contributed by atoms with E-state index in [0.29, 0.717) is 12.1 Å². The summed E-state index contributed by atoms with van der Waals surface area (Å²) in [6.45, 7) is 0. The highest BCUT2D eigenvalue weighted by molar-refractivity contribution is 5.47. The molecular formula is C31H27F3N3O+. The van der Waals surface area contributed by atoms with Gasteiger partial charge in [-0.15, -0.1) is 0 Å². The minimum atomic E-state index is -4.65. The number of H-pyrrole nitrogens is 1. The van der Waals surface area contributed by atoms with Crippen molar-refractivity contribution in [3.63, 3.8) is 0 Å². The third-order valence-electron chi connectivity index (χ3n) is 6.69. The smallest absolute Gasteiger partial charge is 0.361 e. The summed E-state index contributed by atoms with van der Waals surface area (Å²) in [7, 11) is 1.08. The Hall–Kier alpha value is -4.23. The number of hydrogen-bond acceptors (Lipinski definition) is 2. The second kappa shape index (κ2) is 10.6. The molecule has 192 valence electrons. The van der Waals surface area contributed by atoms with Gasteiger partial charge in [0.15, 0.2) is 5.54 Å². The maximum Gasteiger partial charge on any atom is 0.426 e. The molecule has 0 spiro atoms. The van der Waals surface area contributed by atoms with Crippen LogP contribution in [0.4, 0.5) is 13.2 Å². The van der Waals surface area contributed by atoms with E-state index in [-0.39, 0.29) is 5.82 Å². The molecular weight excluding hydrogens is 487 g/mol. The quantitative estimate of drug-likeness (QED) is 0.193. The monoisotopic (exact) mass is 514 g/mol. The molecule has 0 saturated carbocycles. The molecule has 0 aliphatic heterocycles. The maximum atomic E-state index is 14.5. The SMILES string of the molecule is COC(c1[nH]c(Cc2ccncc2)c[n+]1C(c1ccccc1)(c1ccccc1)c1ccccc1)C(F)(F)F. The van der Waals surface area contributed by atoms with Gasteiger partial charge in [-0.2, -0.15) is 13.2 Å². The first-order valence-electron chi connectivity index (χ1n) is 12.2. The van der Waals surface area contributed by atoms with Gasteiger partial charge in [-0.05, 0) is 17.7 Å². The fraction of sp³-hybridized carbons (Fsp3) is 0.161. The minimum absolute atomic E-state index is 0.0967. The predicted octanol–water partition coefficient (Wildman–Crippen LogP) is 6.38. The highest BCUT2D eigenvalue weighted by Crippen LogP contribution is 2.40. The van der Waals surface area contributed by atoms with Crippen molar-refractivity contribution < 1.29 is 22.5 Å². The predicted molar refractivity (Wildman–Crippen MR) is 138 cm³/mol. The number of pyridine rings is 1. The van der Waals surface area contributed by atoms with E-state index >= 15 is 0 Å². The first kappa shape index (κ1) is 25.4. The van der Waals surface area contributed by atoms with E-state index in [4.69, 9.17) is 4.74 Å². The van der Waals surface area contributed by atoms with Crippen LogP contribution >= 0.6 is 0 Å². The summed E-state index contributed by atoms with van der Waals surface area (Å²) in [6.07, 6.45) is -1.31. The van der Waals surface area contributed by atoms with Crippen LogP contribution in [-0.2, 0) is 16.7 Å². The maximum absolute atomic E-state index is 14.5. The summed E-state index contributed by atoms with van der Waals surface area (Å²) in [4.78, 5) is 7.16. The van der Waals surface area contributed by atoms with Crippen molar-refractivity contribution >= 4 is 0 Å². The summed E-state index contributed by atoms with van der Waals surface area (Å²) in [5, 5.41) is 0. The fourth-order valence-electron chi connectivity index (χ4n) is 5.12. The van der Waals surface area contributed by atoms with Gasteiger partial charge in [0, 0.05) is 42.6 Å². The first-order chi connectivity index (χ1) is 18.4. The first-order valence-corrected chi connectivity index (χ1v) is 12.2. The zero-order valence-electron chi connectivity index (χ0n) is 20.8. The largest absolute Gasteiger partial charge is 0.426 e. The standard InChI is InChI=1S/C31H26F3N3O/c1-38-28(31(32,33)34)29-36-27(21-23-17-19-35-20-18-23)22-37(29)30(24-11-5-2-6-12-24,25-13-7-3-8-14-25)26-15-9-4-10-16-26/h2-20,22,28H,21H2,1H3/p+1. The topological polar surface area (TPSA) is 41.8 Å². The molecule has 3 aromatic carbocycles. The van der Waals surface area contributed by atoms with Crippen molar-refractivity contribution in [2.75, 3.05) is 7.11 Å². The van der Waals surface area contributed by atoms with Gasteiger partial charge in [-0.3, -0.25) is 4.98 Å². The lowest BCUT2D eigenvalue weighted by Crippen LogP contribution is -2.61. The molecule has 2 aromatic heterocycles. The number of imidazole rings is 1. The van der Waals surface area contributed by atoms with Crippen LogP contribution in [-0.4, -0.2) is 23.3 Å². The molecule has 0 saturated heterocycles. The van der Waals surface area contributed by atoms with Gasteiger partial charge in [0.2, 0.25) is 0 Å². The number of halogens is 3. The molecule has 1 atom stereocenters. The number of nitrogens with zero attached hydrogens (tertiary/aromatic N) is 2. The van der Waals surface area contributed by atoms with Gasteiger partial charge in [-0.1, -0.05) is 91.0 Å². The van der Waals surface area contributed by atoms with Gasteiger partial charge in [0.1, 0.15) is 11.9 Å². The summed E-state index contributed by atoms with van der Waals surface area (Å²) < 4.78 is 50.2. The Balaban J connectivity index is 1.88. The Morgan fingerprint density at radius 3 is 1.66 bits per heavy atom. The fourth-order valence-corrected chi connectivity index (χ4v) is 5.12. The van der Waals surface area contributed by atoms with E-state index in [1.807, 2.05) is 103 Å². The second-order valence-corrected chi connectivity index (χ2v) is 9.03. The third-order valence-corrected chi connectivity index (χ3v) is 6.69. The van der Waals surface area contributed by atoms with Crippen LogP contribution in [0.25, 0.3) is 0 Å². The second-order valence-electron chi connectivity index (χ2n) is 9.03. The van der Waals surface area contributed by atoms with Crippen molar-refractivity contribution in [3.8, 4) is 0 Å². The van der Waals surface area contributed by atoms with Crippen molar-refractivity contribution in [1.29, 1.82) is 0 Å². The molecule has 4 nitrogen and oxygen atoms in total. The Kier molecular flexibility index (Phi) is 7.11. The minimum Gasteiger partial charge on any atom is -0.361 e. The lowest BCUT2D eigenvalue weighted by molar-refractivity contribution is -0.744. The van der Waals surface area contributed by atoms with E-state index in [9.17, 15) is 13.2 Å². The summed E-state index contributed by atoms with van der Waals surface area (Å²) >= 11 is 0. The number of aromatic amines is 1. The van der Waals surface area contributed by atoms with Crippen LogP contribution in [0.15, 0.2) is 122 Å². The zero-order valence-corrected chi connectivity index (χ0v) is 20.8. The van der Waals surface area contributed by atoms with Crippen LogP contribution in [0.5, 0.6) is 0 Å². The molecule has 38 heavy (non-hydrogen) atoms. The van der Waals surface area contributed by atoms with E-state index in [0.717, 1.165) is 29.4 Å². The van der Waals surface area contributed by atoms with Crippen molar-refractivity contribution in [1.82, 2.24) is 9.97 Å². The molecule has 5 aromatic rings. The summed E-state index contributed by atoms with van der Waals surface area (Å²) in [6, 6.07) is 32.5. The molecule has 0 bridgehead atoms. The van der Waals surface area contributed by atoms with E-state index in [1.165, 1.54) is 0 Å². The van der Waals surface area contributed by atoms with Crippen LogP contribution in [0, 0.1) is 0 Å². The third kappa shape index (κ3) is 4.73. The normalized spacial score (nSPS) is 12.8. The average molecular weight is 515 g/mol. The highest BCUT2D eigenvalue weighted by Gasteiger charge is 2.53. The Morgan fingerprint density at radius 1 is 0.763 bits per heavy atom. The Morgan fingerprint density at radius 2 is 1.24 bits per heavy atom. The van der Waals surface area contributed by atoms with E-state index < -0.39 is 17.8 Å². The average Bonchev–Trinajstić information content (AvgIpc) is 3.34. The van der Waals surface area contributed by atoms with Gasteiger partial charge in [0.25, 0.3) is 11.9 Å². The van der Waals surface area contributed by atoms with Gasteiger partial charge in [0.05, 0.1) is 0 Å². The van der Waals surface area contributed by atoms with Gasteiger partial charge < -0.3 is 4.74 Å². The number of nitrogens with one attached hydrogen (secondary N) is 1. The van der Waals surface area contributed by atoms with Crippen molar-refractivity contribution in [2.45, 2.75) is 24.2 Å². The molecule has 0 aliphatic rings. The Bertz CT molecular complexity index is 1360. The van der Waals surface area contributed by atoms with Crippen LogP contribution in [0.3, 0.4) is 0 Å². The molecule has 0 amide bonds. The Labute approximate surface area is 219 Å². The van der Waals surface area contributed by atoms with Gasteiger partial charge in [-0.25, -0.2) is 9.55 Å². The number of rotatable bonds is 8. The van der Waals surface area contributed by atoms with Crippen molar-refractivity contribution in [2.24, 2.45) is 0 Å². The molecule has 0 aliphatic carbocycles. The number of methoxy groups -OCH3 is 1. The molecule has 5 rings (SSSR count). The molecule has 1 unspecified atom stereocenters. The molecule has 0 fully saturated rings. The van der Waals surface area contributed by atoms with Crippen LogP contribution in [0.2, 0.25) is 0 Å². The number of alkyl halides is 3. The summed E-state index contributed by atoms with van der Waals surface area (Å²) in [5.41, 5.74) is 2.85.